The Kier molecular flexibility index (Phi) is 5.93. The Balaban J connectivity index is 1.63. The number of esters is 1. The van der Waals surface area contributed by atoms with Crippen LogP contribution < -0.4 is 9.64 Å². The van der Waals surface area contributed by atoms with Gasteiger partial charge in [-0.15, -0.1) is 0 Å². The quantitative estimate of drug-likeness (QED) is 0.483. The van der Waals surface area contributed by atoms with E-state index in [2.05, 4.69) is 0 Å². The first-order chi connectivity index (χ1) is 16.9. The number of aliphatic hydroxyl groups excluding tert-OH is 1. The fourth-order valence-corrected chi connectivity index (χ4v) is 6.07. The highest BCUT2D eigenvalue weighted by molar-refractivity contribution is 6.05. The zero-order chi connectivity index (χ0) is 24.8. The topological polar surface area (TPSA) is 106 Å². The van der Waals surface area contributed by atoms with E-state index in [0.717, 1.165) is 0 Å². The molecule has 1 unspecified atom stereocenters. The number of aliphatic hydroxyl groups is 1. The minimum absolute atomic E-state index is 0.117. The summed E-state index contributed by atoms with van der Waals surface area (Å²) in [5, 5.41) is 9.48. The van der Waals surface area contributed by atoms with Crippen molar-refractivity contribution in [1.82, 2.24) is 4.90 Å². The molecule has 4 heterocycles. The summed E-state index contributed by atoms with van der Waals surface area (Å²) in [6, 6.07) is 6.15. The number of carbonyl (C=O) groups excluding carboxylic acids is 3. The number of ether oxygens (including phenoxy) is 3. The number of fused-ring (bicyclic) bond motifs is 2. The Bertz CT molecular complexity index is 1080. The molecule has 9 heteroatoms. The molecule has 5 atom stereocenters. The van der Waals surface area contributed by atoms with Gasteiger partial charge in [0.2, 0.25) is 5.91 Å². The van der Waals surface area contributed by atoms with Crippen molar-refractivity contribution in [2.24, 2.45) is 11.8 Å². The van der Waals surface area contributed by atoms with Crippen LogP contribution in [-0.2, 0) is 23.9 Å². The number of nitrogens with zero attached hydrogens (tertiary/aromatic N) is 2. The van der Waals surface area contributed by atoms with Crippen molar-refractivity contribution < 1.29 is 33.7 Å². The average Bonchev–Trinajstić information content (AvgIpc) is 3.14. The predicted octanol–water partition coefficient (Wildman–Crippen LogP) is 1.45. The van der Waals surface area contributed by atoms with Gasteiger partial charge >= 0.3 is 5.97 Å². The smallest absolute Gasteiger partial charge is 0.313 e. The molecule has 1 spiro atoms. The number of hydrogen-bond acceptors (Lipinski definition) is 7. The van der Waals surface area contributed by atoms with Crippen molar-refractivity contribution in [3.63, 3.8) is 0 Å². The lowest BCUT2D eigenvalue weighted by atomic mass is 9.73. The van der Waals surface area contributed by atoms with Gasteiger partial charge in [0, 0.05) is 25.4 Å². The van der Waals surface area contributed by atoms with Gasteiger partial charge < -0.3 is 29.1 Å². The van der Waals surface area contributed by atoms with E-state index in [1.165, 1.54) is 4.90 Å². The van der Waals surface area contributed by atoms with Gasteiger partial charge in [-0.1, -0.05) is 25.2 Å². The van der Waals surface area contributed by atoms with Crippen LogP contribution >= 0.6 is 0 Å². The lowest BCUT2D eigenvalue weighted by Gasteiger charge is -2.38. The molecule has 9 nitrogen and oxygen atoms in total. The monoisotopic (exact) mass is 482 g/mol. The van der Waals surface area contributed by atoms with Crippen molar-refractivity contribution in [3.05, 3.63) is 48.6 Å². The van der Waals surface area contributed by atoms with Crippen LogP contribution in [0.25, 0.3) is 0 Å². The maximum Gasteiger partial charge on any atom is 0.313 e. The fourth-order valence-electron chi connectivity index (χ4n) is 6.07. The third kappa shape index (κ3) is 3.40. The number of amides is 2. The Labute approximate surface area is 203 Å². The van der Waals surface area contributed by atoms with Crippen LogP contribution in [0.15, 0.2) is 48.6 Å². The molecule has 1 N–H and O–H groups in total. The van der Waals surface area contributed by atoms with Crippen LogP contribution in [0.1, 0.15) is 19.8 Å². The summed E-state index contributed by atoms with van der Waals surface area (Å²) in [4.78, 5) is 44.4. The summed E-state index contributed by atoms with van der Waals surface area (Å²) in [5.41, 5.74) is -1.71. The molecule has 0 aromatic heterocycles. The standard InChI is InChI=1S/C26H30N2O7/c1-3-25-11-5-16-34-24(32)20(25)19-22(30)28(14-6-15-29)21-23(31)27(13-4-12-26(19,21)35-25)17-7-9-18(33-2)10-8-17/h4-5,7-12,19-21,29H,3,6,13-16H2,1-2H3/t19-,20+,21?,25-,26-/m0/s1. The average molecular weight is 483 g/mol. The molecule has 4 aliphatic heterocycles. The lowest BCUT2D eigenvalue weighted by molar-refractivity contribution is -0.157. The molecule has 0 radical (unpaired) electrons. The maximum atomic E-state index is 14.2. The van der Waals surface area contributed by atoms with Crippen molar-refractivity contribution in [3.8, 4) is 5.75 Å². The molecule has 1 aromatic rings. The number of rotatable bonds is 6. The van der Waals surface area contributed by atoms with Gasteiger partial charge in [-0.2, -0.15) is 0 Å². The molecule has 186 valence electrons. The summed E-state index contributed by atoms with van der Waals surface area (Å²) in [6.45, 7) is 2.35. The third-order valence-electron chi connectivity index (χ3n) is 7.64. The number of hydrogen-bond donors (Lipinski definition) is 1. The summed E-state index contributed by atoms with van der Waals surface area (Å²) >= 11 is 0. The van der Waals surface area contributed by atoms with Crippen molar-refractivity contribution in [1.29, 1.82) is 0 Å². The third-order valence-corrected chi connectivity index (χ3v) is 7.64. The van der Waals surface area contributed by atoms with Gasteiger partial charge in [-0.05, 0) is 43.2 Å². The highest BCUT2D eigenvalue weighted by Gasteiger charge is 2.75. The lowest BCUT2D eigenvalue weighted by Crippen LogP contribution is -2.56. The van der Waals surface area contributed by atoms with Crippen LogP contribution in [-0.4, -0.2) is 78.4 Å². The van der Waals surface area contributed by atoms with Crippen molar-refractivity contribution in [2.75, 3.05) is 38.3 Å². The van der Waals surface area contributed by atoms with E-state index >= 15 is 0 Å². The molecule has 35 heavy (non-hydrogen) atoms. The van der Waals surface area contributed by atoms with E-state index in [4.69, 9.17) is 14.2 Å². The van der Waals surface area contributed by atoms with Gasteiger partial charge in [0.25, 0.3) is 5.91 Å². The molecule has 5 rings (SSSR count). The normalized spacial score (nSPS) is 33.7. The van der Waals surface area contributed by atoms with Gasteiger partial charge in [0.1, 0.15) is 35.5 Å². The van der Waals surface area contributed by atoms with Crippen LogP contribution in [0.5, 0.6) is 5.75 Å². The fraction of sp³-hybridized carbons (Fsp3) is 0.500. The number of carbonyl (C=O) groups is 3. The summed E-state index contributed by atoms with van der Waals surface area (Å²) in [6.07, 6.45) is 7.95. The van der Waals surface area contributed by atoms with E-state index in [-0.39, 0.29) is 38.1 Å². The highest BCUT2D eigenvalue weighted by atomic mass is 16.6. The Morgan fingerprint density at radius 2 is 1.86 bits per heavy atom. The van der Waals surface area contributed by atoms with Crippen LogP contribution in [0.3, 0.4) is 0 Å². The van der Waals surface area contributed by atoms with E-state index in [9.17, 15) is 19.5 Å². The van der Waals surface area contributed by atoms with E-state index < -0.39 is 35.0 Å². The van der Waals surface area contributed by atoms with Crippen molar-refractivity contribution >= 4 is 23.5 Å². The molecule has 0 saturated carbocycles. The first kappa shape index (κ1) is 23.6. The minimum Gasteiger partial charge on any atom is -0.497 e. The van der Waals surface area contributed by atoms with Gasteiger partial charge in [-0.25, -0.2) is 0 Å². The zero-order valence-electron chi connectivity index (χ0n) is 19.9. The molecule has 2 fully saturated rings. The largest absolute Gasteiger partial charge is 0.497 e. The number of anilines is 1. The second kappa shape index (κ2) is 8.80. The summed E-state index contributed by atoms with van der Waals surface area (Å²) in [7, 11) is 1.57. The number of cyclic esters (lactones) is 1. The summed E-state index contributed by atoms with van der Waals surface area (Å²) < 4.78 is 17.4. The Morgan fingerprint density at radius 1 is 1.09 bits per heavy atom. The molecule has 2 amide bonds. The second-order valence-corrected chi connectivity index (χ2v) is 9.31. The number of benzene rings is 1. The molecule has 0 bridgehead atoms. The molecule has 1 aromatic carbocycles. The predicted molar refractivity (Wildman–Crippen MR) is 126 cm³/mol. The van der Waals surface area contributed by atoms with Crippen molar-refractivity contribution in [2.45, 2.75) is 37.0 Å². The Morgan fingerprint density at radius 3 is 2.54 bits per heavy atom. The van der Waals surface area contributed by atoms with Gasteiger partial charge in [0.05, 0.1) is 13.0 Å². The number of likely N-dealkylation sites (tertiary alicyclic amines) is 1. The SMILES string of the molecule is CC[C@]12C=CCOC(=O)[C@H]1[C@H]1C(=O)N(CCCO)C3C(=O)N(c4ccc(OC)cc4)CC=C[C@@]31O2. The van der Waals surface area contributed by atoms with Crippen LogP contribution in [0.4, 0.5) is 5.69 Å². The summed E-state index contributed by atoms with van der Waals surface area (Å²) in [5.74, 6) is -2.23. The number of methoxy groups -OCH3 is 1. The molecule has 0 aliphatic carbocycles. The van der Waals surface area contributed by atoms with Crippen LogP contribution in [0.2, 0.25) is 0 Å². The molecule has 4 aliphatic rings. The maximum absolute atomic E-state index is 14.2. The van der Waals surface area contributed by atoms with E-state index in [1.807, 2.05) is 19.1 Å². The highest BCUT2D eigenvalue weighted by Crippen LogP contribution is 2.58. The molecular weight excluding hydrogens is 452 g/mol. The zero-order valence-corrected chi connectivity index (χ0v) is 19.9. The van der Waals surface area contributed by atoms with Gasteiger partial charge in [0.15, 0.2) is 0 Å². The van der Waals surface area contributed by atoms with Gasteiger partial charge in [-0.3, -0.25) is 14.4 Å². The second-order valence-electron chi connectivity index (χ2n) is 9.31. The first-order valence-corrected chi connectivity index (χ1v) is 12.0. The molecule has 2 saturated heterocycles. The van der Waals surface area contributed by atoms with E-state index in [0.29, 0.717) is 24.3 Å². The minimum atomic E-state index is -1.33. The van der Waals surface area contributed by atoms with Crippen LogP contribution in [0, 0.1) is 11.8 Å². The molecular formula is C26H30N2O7. The first-order valence-electron chi connectivity index (χ1n) is 12.0. The van der Waals surface area contributed by atoms with E-state index in [1.54, 1.807) is 48.4 Å². The Hall–Kier alpha value is -3.17.